The second-order valence-electron chi connectivity index (χ2n) is 4.52. The maximum atomic E-state index is 12.1. The van der Waals surface area contributed by atoms with Crippen LogP contribution in [0.1, 0.15) is 12.5 Å². The molecular weight excluding hydrogens is 318 g/mol. The van der Waals surface area contributed by atoms with E-state index in [1.807, 2.05) is 6.07 Å². The van der Waals surface area contributed by atoms with Crippen LogP contribution in [0, 0.1) is 0 Å². The highest BCUT2D eigenvalue weighted by Crippen LogP contribution is 2.26. The Labute approximate surface area is 127 Å². The van der Waals surface area contributed by atoms with E-state index in [-0.39, 0.29) is 10.8 Å². The van der Waals surface area contributed by atoms with Crippen LogP contribution in [-0.2, 0) is 15.6 Å². The van der Waals surface area contributed by atoms with Gasteiger partial charge in [-0.15, -0.1) is 11.3 Å². The van der Waals surface area contributed by atoms with Crippen LogP contribution in [-0.4, -0.2) is 20.1 Å². The van der Waals surface area contributed by atoms with Crippen molar-refractivity contribution in [2.24, 2.45) is 0 Å². The van der Waals surface area contributed by atoms with E-state index in [9.17, 15) is 13.5 Å². The Bertz CT molecular complexity index is 681. The van der Waals surface area contributed by atoms with Gasteiger partial charge < -0.3 is 5.11 Å². The summed E-state index contributed by atoms with van der Waals surface area (Å²) in [4.78, 5) is 0. The van der Waals surface area contributed by atoms with E-state index in [4.69, 9.17) is 11.6 Å². The molecule has 1 aromatic carbocycles. The minimum absolute atomic E-state index is 0.116. The largest absolute Gasteiger partial charge is 0.384 e. The van der Waals surface area contributed by atoms with E-state index in [1.54, 1.807) is 31.2 Å². The Morgan fingerprint density at radius 3 is 2.45 bits per heavy atom. The molecule has 0 fully saturated rings. The first-order valence-electron chi connectivity index (χ1n) is 5.84. The second-order valence-corrected chi connectivity index (χ2v) is 8.23. The van der Waals surface area contributed by atoms with Crippen molar-refractivity contribution in [3.8, 4) is 0 Å². The second kappa shape index (κ2) is 5.83. The van der Waals surface area contributed by atoms with Gasteiger partial charge >= 0.3 is 0 Å². The average molecular weight is 332 g/mol. The molecule has 0 amide bonds. The summed E-state index contributed by atoms with van der Waals surface area (Å²) in [6.07, 6.45) is 0. The van der Waals surface area contributed by atoms with Crippen molar-refractivity contribution in [2.75, 3.05) is 6.54 Å². The predicted molar refractivity (Wildman–Crippen MR) is 80.5 cm³/mol. The van der Waals surface area contributed by atoms with Gasteiger partial charge in [-0.25, -0.2) is 13.1 Å². The number of hydrogen-bond donors (Lipinski definition) is 2. The molecule has 2 aromatic rings. The molecule has 20 heavy (non-hydrogen) atoms. The smallest absolute Gasteiger partial charge is 0.250 e. The van der Waals surface area contributed by atoms with Crippen LogP contribution in [0.3, 0.4) is 0 Å². The van der Waals surface area contributed by atoms with Gasteiger partial charge in [0, 0.05) is 6.54 Å². The summed E-state index contributed by atoms with van der Waals surface area (Å²) in [5.41, 5.74) is -0.637. The minimum atomic E-state index is -3.66. The van der Waals surface area contributed by atoms with Crippen molar-refractivity contribution in [3.05, 3.63) is 52.4 Å². The molecule has 108 valence electrons. The molecule has 0 bridgehead atoms. The molecule has 2 rings (SSSR count). The van der Waals surface area contributed by atoms with Gasteiger partial charge in [-0.05, 0) is 24.6 Å². The number of sulfonamides is 1. The number of benzene rings is 1. The first-order chi connectivity index (χ1) is 9.31. The van der Waals surface area contributed by atoms with E-state index in [0.29, 0.717) is 9.90 Å². The van der Waals surface area contributed by atoms with E-state index in [1.165, 1.54) is 12.1 Å². The lowest BCUT2D eigenvalue weighted by Crippen LogP contribution is -2.38. The fourth-order valence-electron chi connectivity index (χ4n) is 1.65. The van der Waals surface area contributed by atoms with Crippen molar-refractivity contribution in [1.29, 1.82) is 0 Å². The van der Waals surface area contributed by atoms with Crippen molar-refractivity contribution in [1.82, 2.24) is 4.72 Å². The van der Waals surface area contributed by atoms with Crippen molar-refractivity contribution in [3.63, 3.8) is 0 Å². The van der Waals surface area contributed by atoms with Gasteiger partial charge in [-0.2, -0.15) is 0 Å². The molecule has 1 aromatic heterocycles. The van der Waals surface area contributed by atoms with Crippen LogP contribution in [0.5, 0.6) is 0 Å². The molecule has 0 aliphatic heterocycles. The van der Waals surface area contributed by atoms with Gasteiger partial charge in [-0.1, -0.05) is 41.9 Å². The lowest BCUT2D eigenvalue weighted by Gasteiger charge is -2.23. The monoisotopic (exact) mass is 331 g/mol. The lowest BCUT2D eigenvalue weighted by molar-refractivity contribution is 0.0627. The Kier molecular flexibility index (Phi) is 4.51. The third-order valence-electron chi connectivity index (χ3n) is 2.82. The number of rotatable bonds is 5. The van der Waals surface area contributed by atoms with E-state index < -0.39 is 15.6 Å². The summed E-state index contributed by atoms with van der Waals surface area (Å²) in [5.74, 6) is 0. The van der Waals surface area contributed by atoms with Crippen LogP contribution >= 0.6 is 22.9 Å². The summed E-state index contributed by atoms with van der Waals surface area (Å²) >= 11 is 6.70. The SMILES string of the molecule is CC(O)(CNS(=O)(=O)c1ccc(Cl)s1)c1ccccc1. The highest BCUT2D eigenvalue weighted by Gasteiger charge is 2.26. The molecule has 0 saturated carbocycles. The highest BCUT2D eigenvalue weighted by molar-refractivity contribution is 7.91. The van der Waals surface area contributed by atoms with E-state index in [2.05, 4.69) is 4.72 Å². The Morgan fingerprint density at radius 2 is 1.90 bits per heavy atom. The fraction of sp³-hybridized carbons (Fsp3) is 0.231. The standard InChI is InChI=1S/C13H14ClNO3S2/c1-13(16,10-5-3-2-4-6-10)9-15-20(17,18)12-8-7-11(14)19-12/h2-8,15-16H,9H2,1H3. The normalized spacial score (nSPS) is 14.9. The molecule has 1 heterocycles. The molecule has 0 aliphatic carbocycles. The maximum absolute atomic E-state index is 12.1. The average Bonchev–Trinajstić information content (AvgIpc) is 2.85. The van der Waals surface area contributed by atoms with Crippen LogP contribution in [0.4, 0.5) is 0 Å². The molecule has 7 heteroatoms. The highest BCUT2D eigenvalue weighted by atomic mass is 35.5. The van der Waals surface area contributed by atoms with Gasteiger partial charge in [0.25, 0.3) is 0 Å². The zero-order valence-corrected chi connectivity index (χ0v) is 13.1. The Hall–Kier alpha value is -0.920. The number of hydrogen-bond acceptors (Lipinski definition) is 4. The Balaban J connectivity index is 2.12. The molecule has 0 radical (unpaired) electrons. The fourth-order valence-corrected chi connectivity index (χ4v) is 4.31. The molecule has 4 nitrogen and oxygen atoms in total. The van der Waals surface area contributed by atoms with Crippen molar-refractivity contribution < 1.29 is 13.5 Å². The molecular formula is C13H14ClNO3S2. The van der Waals surface area contributed by atoms with Crippen LogP contribution in [0.25, 0.3) is 0 Å². The van der Waals surface area contributed by atoms with Gasteiger partial charge in [0.15, 0.2) is 0 Å². The molecule has 0 aliphatic rings. The summed E-state index contributed by atoms with van der Waals surface area (Å²) < 4.78 is 27.0. The summed E-state index contributed by atoms with van der Waals surface area (Å²) in [5, 5.41) is 10.4. The topological polar surface area (TPSA) is 66.4 Å². The van der Waals surface area contributed by atoms with E-state index in [0.717, 1.165) is 11.3 Å². The van der Waals surface area contributed by atoms with Gasteiger partial charge in [0.05, 0.1) is 4.34 Å². The summed E-state index contributed by atoms with van der Waals surface area (Å²) in [7, 11) is -3.66. The first kappa shape index (κ1) is 15.5. The molecule has 0 saturated heterocycles. The molecule has 2 N–H and O–H groups in total. The predicted octanol–water partition coefficient (Wildman–Crippen LogP) is 2.59. The number of aliphatic hydroxyl groups is 1. The van der Waals surface area contributed by atoms with Gasteiger partial charge in [0.2, 0.25) is 10.0 Å². The molecule has 0 spiro atoms. The molecule has 1 unspecified atom stereocenters. The summed E-state index contributed by atoms with van der Waals surface area (Å²) in [6.45, 7) is 1.45. The quantitative estimate of drug-likeness (QED) is 0.885. The number of halogens is 1. The zero-order valence-electron chi connectivity index (χ0n) is 10.7. The minimum Gasteiger partial charge on any atom is -0.384 e. The molecule has 1 atom stereocenters. The Morgan fingerprint density at radius 1 is 1.25 bits per heavy atom. The van der Waals surface area contributed by atoms with E-state index >= 15 is 0 Å². The van der Waals surface area contributed by atoms with Crippen molar-refractivity contribution in [2.45, 2.75) is 16.7 Å². The number of thiophene rings is 1. The van der Waals surface area contributed by atoms with Crippen LogP contribution < -0.4 is 4.72 Å². The first-order valence-corrected chi connectivity index (χ1v) is 8.52. The third-order valence-corrected chi connectivity index (χ3v) is 5.94. The maximum Gasteiger partial charge on any atom is 0.250 e. The lowest BCUT2D eigenvalue weighted by atomic mass is 9.97. The van der Waals surface area contributed by atoms with Crippen LogP contribution in [0.2, 0.25) is 4.34 Å². The summed E-state index contributed by atoms with van der Waals surface area (Å²) in [6, 6.07) is 11.9. The van der Waals surface area contributed by atoms with Crippen molar-refractivity contribution >= 4 is 33.0 Å². The van der Waals surface area contributed by atoms with Gasteiger partial charge in [-0.3, -0.25) is 0 Å². The van der Waals surface area contributed by atoms with Crippen LogP contribution in [0.15, 0.2) is 46.7 Å². The van der Waals surface area contributed by atoms with Gasteiger partial charge in [0.1, 0.15) is 9.81 Å². The zero-order chi connectivity index (χ0) is 14.8. The third kappa shape index (κ3) is 3.59. The number of nitrogens with one attached hydrogen (secondary N) is 1.